The second-order valence-corrected chi connectivity index (χ2v) is 5.33. The van der Waals surface area contributed by atoms with Gasteiger partial charge in [0.1, 0.15) is 0 Å². The van der Waals surface area contributed by atoms with Crippen molar-refractivity contribution < 1.29 is 0 Å². The van der Waals surface area contributed by atoms with Gasteiger partial charge in [-0.25, -0.2) is 0 Å². The predicted molar refractivity (Wildman–Crippen MR) is 77.0 cm³/mol. The molecule has 0 saturated heterocycles. The summed E-state index contributed by atoms with van der Waals surface area (Å²) in [5, 5.41) is 0. The van der Waals surface area contributed by atoms with Gasteiger partial charge in [-0.05, 0) is 44.9 Å². The van der Waals surface area contributed by atoms with Gasteiger partial charge in [-0.2, -0.15) is 0 Å². The van der Waals surface area contributed by atoms with Crippen molar-refractivity contribution in [2.24, 2.45) is 0 Å². The van der Waals surface area contributed by atoms with Crippen LogP contribution in [-0.4, -0.2) is 0 Å². The Morgan fingerprint density at radius 1 is 0.471 bits per heavy atom. The molecule has 0 atom stereocenters. The maximum Gasteiger partial charge on any atom is -0.0173 e. The summed E-state index contributed by atoms with van der Waals surface area (Å²) in [5.41, 5.74) is 0. The SMILES string of the molecule is [C]1CCCCCCC/C=C/CCCCCCC1. The quantitative estimate of drug-likeness (QED) is 0.444. The fourth-order valence-electron chi connectivity index (χ4n) is 2.45. The average molecular weight is 234 g/mol. The lowest BCUT2D eigenvalue weighted by molar-refractivity contribution is 0.591. The van der Waals surface area contributed by atoms with E-state index in [1.807, 2.05) is 0 Å². The lowest BCUT2D eigenvalue weighted by Crippen LogP contribution is -1.83. The van der Waals surface area contributed by atoms with Crippen molar-refractivity contribution in [3.8, 4) is 0 Å². The van der Waals surface area contributed by atoms with Crippen LogP contribution in [0, 0.1) is 6.42 Å². The first-order valence-electron chi connectivity index (χ1n) is 7.86. The van der Waals surface area contributed by atoms with Crippen LogP contribution in [0.4, 0.5) is 0 Å². The fourth-order valence-corrected chi connectivity index (χ4v) is 2.45. The van der Waals surface area contributed by atoms with Crippen LogP contribution in [-0.2, 0) is 0 Å². The molecule has 0 aliphatic heterocycles. The second kappa shape index (κ2) is 12.2. The largest absolute Gasteiger partial charge is 0.0885 e. The molecule has 0 heteroatoms. The minimum Gasteiger partial charge on any atom is -0.0885 e. The van der Waals surface area contributed by atoms with E-state index in [0.29, 0.717) is 0 Å². The molecule has 1 rings (SSSR count). The third-order valence-corrected chi connectivity index (χ3v) is 3.62. The first-order chi connectivity index (χ1) is 8.50. The van der Waals surface area contributed by atoms with Crippen molar-refractivity contribution in [3.05, 3.63) is 18.6 Å². The summed E-state index contributed by atoms with van der Waals surface area (Å²) in [4.78, 5) is 0. The highest BCUT2D eigenvalue weighted by atomic mass is 14.0. The molecular formula is C17H30. The fraction of sp³-hybridized carbons (Fsp3) is 0.824. The van der Waals surface area contributed by atoms with Crippen LogP contribution in [0.1, 0.15) is 89.9 Å². The molecule has 0 aromatic carbocycles. The van der Waals surface area contributed by atoms with E-state index in [4.69, 9.17) is 0 Å². The number of rotatable bonds is 0. The van der Waals surface area contributed by atoms with Crippen LogP contribution >= 0.6 is 0 Å². The molecule has 0 spiro atoms. The van der Waals surface area contributed by atoms with E-state index in [1.165, 1.54) is 89.9 Å². The summed E-state index contributed by atoms with van der Waals surface area (Å²) in [6, 6.07) is 0. The van der Waals surface area contributed by atoms with Gasteiger partial charge in [0.2, 0.25) is 0 Å². The van der Waals surface area contributed by atoms with Crippen molar-refractivity contribution in [2.75, 3.05) is 0 Å². The molecule has 0 bridgehead atoms. The van der Waals surface area contributed by atoms with E-state index >= 15 is 0 Å². The standard InChI is InChI=1S/C17H30/c1-2-4-6-8-10-12-14-16-17-15-13-11-9-7-5-3-1/h1-2H,3-16H2/b2-1+. The molecule has 2 radical (unpaired) electrons. The van der Waals surface area contributed by atoms with Crippen LogP contribution in [0.2, 0.25) is 0 Å². The van der Waals surface area contributed by atoms with E-state index in [-0.39, 0.29) is 0 Å². The molecule has 0 fully saturated rings. The van der Waals surface area contributed by atoms with E-state index in [1.54, 1.807) is 0 Å². The molecule has 0 heterocycles. The highest BCUT2D eigenvalue weighted by Crippen LogP contribution is 2.13. The Balaban J connectivity index is 2.07. The maximum atomic E-state index is 3.57. The molecule has 0 unspecified atom stereocenters. The van der Waals surface area contributed by atoms with Gasteiger partial charge in [0, 0.05) is 0 Å². The highest BCUT2D eigenvalue weighted by Gasteiger charge is 1.95. The molecule has 98 valence electrons. The van der Waals surface area contributed by atoms with Crippen LogP contribution in [0.15, 0.2) is 12.2 Å². The van der Waals surface area contributed by atoms with Crippen molar-refractivity contribution in [2.45, 2.75) is 89.9 Å². The monoisotopic (exact) mass is 234 g/mol. The molecule has 0 saturated carbocycles. The molecule has 0 N–H and O–H groups in total. The van der Waals surface area contributed by atoms with Crippen LogP contribution < -0.4 is 0 Å². The highest BCUT2D eigenvalue weighted by molar-refractivity contribution is 4.81. The van der Waals surface area contributed by atoms with Crippen molar-refractivity contribution >= 4 is 0 Å². The van der Waals surface area contributed by atoms with Crippen LogP contribution in [0.25, 0.3) is 0 Å². The summed E-state index contributed by atoms with van der Waals surface area (Å²) in [6.45, 7) is 0. The first kappa shape index (κ1) is 14.8. The molecule has 0 aromatic rings. The molecule has 0 aromatic heterocycles. The van der Waals surface area contributed by atoms with Crippen LogP contribution in [0.3, 0.4) is 0 Å². The first-order valence-corrected chi connectivity index (χ1v) is 7.86. The Kier molecular flexibility index (Phi) is 10.6. The molecule has 1 aliphatic rings. The Bertz CT molecular complexity index is 151. The van der Waals surface area contributed by atoms with E-state index < -0.39 is 0 Å². The van der Waals surface area contributed by atoms with Crippen LogP contribution in [0.5, 0.6) is 0 Å². The van der Waals surface area contributed by atoms with Gasteiger partial charge in [0.15, 0.2) is 0 Å². The minimum atomic E-state index is 1.24. The van der Waals surface area contributed by atoms with Gasteiger partial charge in [-0.3, -0.25) is 0 Å². The predicted octanol–water partition coefficient (Wildman–Crippen LogP) is 6.10. The van der Waals surface area contributed by atoms with E-state index in [2.05, 4.69) is 18.6 Å². The maximum absolute atomic E-state index is 3.57. The lowest BCUT2D eigenvalue weighted by atomic mass is 10.0. The smallest absolute Gasteiger partial charge is 0.0173 e. The van der Waals surface area contributed by atoms with Crippen molar-refractivity contribution in [1.29, 1.82) is 0 Å². The van der Waals surface area contributed by atoms with Gasteiger partial charge < -0.3 is 0 Å². The van der Waals surface area contributed by atoms with Gasteiger partial charge in [-0.1, -0.05) is 63.5 Å². The zero-order chi connectivity index (χ0) is 12.0. The van der Waals surface area contributed by atoms with Crippen molar-refractivity contribution in [3.63, 3.8) is 0 Å². The van der Waals surface area contributed by atoms with Gasteiger partial charge in [0.05, 0.1) is 0 Å². The van der Waals surface area contributed by atoms with Crippen molar-refractivity contribution in [1.82, 2.24) is 0 Å². The Morgan fingerprint density at radius 2 is 0.882 bits per heavy atom. The minimum absolute atomic E-state index is 1.24. The van der Waals surface area contributed by atoms with Gasteiger partial charge >= 0.3 is 0 Å². The summed E-state index contributed by atoms with van der Waals surface area (Å²) in [6.07, 6.45) is 27.5. The van der Waals surface area contributed by atoms with Gasteiger partial charge in [-0.15, -0.1) is 0 Å². The van der Waals surface area contributed by atoms with Gasteiger partial charge in [0.25, 0.3) is 0 Å². The molecule has 0 amide bonds. The third-order valence-electron chi connectivity index (χ3n) is 3.62. The summed E-state index contributed by atoms with van der Waals surface area (Å²) in [7, 11) is 0. The Hall–Kier alpha value is -0.260. The Morgan fingerprint density at radius 3 is 1.41 bits per heavy atom. The molecule has 17 heavy (non-hydrogen) atoms. The summed E-state index contributed by atoms with van der Waals surface area (Å²) >= 11 is 0. The molecular weight excluding hydrogens is 204 g/mol. The topological polar surface area (TPSA) is 0 Å². The zero-order valence-electron chi connectivity index (χ0n) is 11.6. The summed E-state index contributed by atoms with van der Waals surface area (Å²) in [5.74, 6) is 0. The number of allylic oxidation sites excluding steroid dienone is 2. The summed E-state index contributed by atoms with van der Waals surface area (Å²) < 4.78 is 0. The Labute approximate surface area is 109 Å². The lowest BCUT2D eigenvalue weighted by Gasteiger charge is -2.01. The van der Waals surface area contributed by atoms with E-state index in [9.17, 15) is 0 Å². The number of hydrogen-bond donors (Lipinski definition) is 0. The third kappa shape index (κ3) is 10.6. The average Bonchev–Trinajstić information content (AvgIpc) is 2.35. The molecule has 1 aliphatic carbocycles. The second-order valence-electron chi connectivity index (χ2n) is 5.33. The van der Waals surface area contributed by atoms with E-state index in [0.717, 1.165) is 0 Å². The normalized spacial score (nSPS) is 24.9. The zero-order valence-corrected chi connectivity index (χ0v) is 11.6. The molecule has 0 nitrogen and oxygen atoms in total. The number of hydrogen-bond acceptors (Lipinski definition) is 0.